The zero-order valence-corrected chi connectivity index (χ0v) is 16.1. The highest BCUT2D eigenvalue weighted by molar-refractivity contribution is 6.31. The molecular formula is C20H16Cl2FN3O2. The quantitative estimate of drug-likeness (QED) is 0.599. The lowest BCUT2D eigenvalue weighted by molar-refractivity contribution is 0.0293. The molecule has 2 unspecified atom stereocenters. The highest BCUT2D eigenvalue weighted by atomic mass is 35.5. The van der Waals surface area contributed by atoms with Crippen LogP contribution in [0.3, 0.4) is 0 Å². The van der Waals surface area contributed by atoms with Gasteiger partial charge in [0.1, 0.15) is 5.82 Å². The van der Waals surface area contributed by atoms with Gasteiger partial charge in [-0.05, 0) is 60.6 Å². The van der Waals surface area contributed by atoms with E-state index in [0.29, 0.717) is 23.4 Å². The van der Waals surface area contributed by atoms with Crippen molar-refractivity contribution in [3.63, 3.8) is 0 Å². The predicted octanol–water partition coefficient (Wildman–Crippen LogP) is 4.03. The fraction of sp³-hybridized carbons (Fsp3) is 0.300. The van der Waals surface area contributed by atoms with Gasteiger partial charge in [-0.25, -0.2) is 4.39 Å². The maximum Gasteiger partial charge on any atom is 0.251 e. The number of halogens is 3. The summed E-state index contributed by atoms with van der Waals surface area (Å²) >= 11 is 12.0. The Kier molecular flexibility index (Phi) is 3.95. The first-order valence-corrected chi connectivity index (χ1v) is 9.73. The number of aromatic amines is 1. The number of hydrogen-bond donors (Lipinski definition) is 3. The van der Waals surface area contributed by atoms with Crippen LogP contribution >= 0.6 is 23.2 Å². The molecule has 3 aromatic rings. The van der Waals surface area contributed by atoms with Crippen LogP contribution in [-0.4, -0.2) is 27.3 Å². The Balaban J connectivity index is 1.32. The minimum absolute atomic E-state index is 0.00405. The molecule has 2 aromatic carbocycles. The molecule has 1 heterocycles. The average Bonchev–Trinajstić information content (AvgIpc) is 3.03. The van der Waals surface area contributed by atoms with Crippen LogP contribution in [0.4, 0.5) is 4.39 Å². The van der Waals surface area contributed by atoms with E-state index in [-0.39, 0.29) is 28.8 Å². The van der Waals surface area contributed by atoms with Gasteiger partial charge in [0.15, 0.2) is 0 Å². The molecule has 1 amide bonds. The van der Waals surface area contributed by atoms with Gasteiger partial charge in [0.2, 0.25) is 0 Å². The molecule has 0 bridgehead atoms. The summed E-state index contributed by atoms with van der Waals surface area (Å²) in [6.07, 6.45) is 2.77. The largest absolute Gasteiger partial charge is 0.385 e. The van der Waals surface area contributed by atoms with E-state index in [4.69, 9.17) is 23.2 Å². The fourth-order valence-electron chi connectivity index (χ4n) is 4.57. The van der Waals surface area contributed by atoms with Gasteiger partial charge in [0, 0.05) is 22.0 Å². The number of fused-ring (bicyclic) bond motifs is 2. The topological polar surface area (TPSA) is 78.0 Å². The summed E-state index contributed by atoms with van der Waals surface area (Å²) in [7, 11) is 0. The number of aliphatic hydroxyl groups is 1. The summed E-state index contributed by atoms with van der Waals surface area (Å²) in [5, 5.41) is 22.5. The van der Waals surface area contributed by atoms with Crippen LogP contribution < -0.4 is 5.32 Å². The van der Waals surface area contributed by atoms with E-state index in [9.17, 15) is 14.3 Å². The summed E-state index contributed by atoms with van der Waals surface area (Å²) < 4.78 is 13.3. The van der Waals surface area contributed by atoms with Crippen molar-refractivity contribution < 1.29 is 14.3 Å². The SMILES string of the molecule is O=C(NC1[C@H]2CC(O)(c3cc(Cl)cc4[nH]ncc34)C[C@@H]12)c1ccc(F)c(Cl)c1. The first-order valence-electron chi connectivity index (χ1n) is 8.97. The van der Waals surface area contributed by atoms with Crippen molar-refractivity contribution >= 4 is 40.0 Å². The Morgan fingerprint density at radius 2 is 2.00 bits per heavy atom. The van der Waals surface area contributed by atoms with Gasteiger partial charge in [-0.2, -0.15) is 5.10 Å². The molecule has 2 aliphatic rings. The smallest absolute Gasteiger partial charge is 0.251 e. The zero-order valence-electron chi connectivity index (χ0n) is 14.5. The van der Waals surface area contributed by atoms with Crippen molar-refractivity contribution in [3.8, 4) is 0 Å². The number of carbonyl (C=O) groups is 1. The highest BCUT2D eigenvalue weighted by Gasteiger charge is 2.62. The monoisotopic (exact) mass is 419 g/mol. The summed E-state index contributed by atoms with van der Waals surface area (Å²) in [6.45, 7) is 0. The molecule has 3 N–H and O–H groups in total. The molecule has 8 heteroatoms. The summed E-state index contributed by atoms with van der Waals surface area (Å²) in [6, 6.07) is 7.48. The number of hydrogen-bond acceptors (Lipinski definition) is 3. The number of amides is 1. The second kappa shape index (κ2) is 6.17. The lowest BCUT2D eigenvalue weighted by Gasteiger charge is -2.27. The number of carbonyl (C=O) groups excluding carboxylic acids is 1. The minimum Gasteiger partial charge on any atom is -0.385 e. The summed E-state index contributed by atoms with van der Waals surface area (Å²) in [5.41, 5.74) is 0.880. The van der Waals surface area contributed by atoms with E-state index in [0.717, 1.165) is 16.5 Å². The molecule has 0 saturated heterocycles. The Bertz CT molecular complexity index is 1100. The van der Waals surface area contributed by atoms with E-state index in [1.54, 1.807) is 18.3 Å². The average molecular weight is 420 g/mol. The van der Waals surface area contributed by atoms with E-state index < -0.39 is 11.4 Å². The molecule has 4 atom stereocenters. The molecule has 2 saturated carbocycles. The van der Waals surface area contributed by atoms with Gasteiger partial charge in [0.25, 0.3) is 5.91 Å². The molecule has 28 heavy (non-hydrogen) atoms. The molecule has 144 valence electrons. The fourth-order valence-corrected chi connectivity index (χ4v) is 4.97. The number of nitrogens with zero attached hydrogens (tertiary/aromatic N) is 1. The molecule has 1 aromatic heterocycles. The number of nitrogens with one attached hydrogen (secondary N) is 2. The molecular weight excluding hydrogens is 404 g/mol. The maximum atomic E-state index is 13.3. The molecule has 0 aliphatic heterocycles. The number of aromatic nitrogens is 2. The second-order valence-corrected chi connectivity index (χ2v) is 8.52. The molecule has 0 radical (unpaired) electrons. The molecule has 5 nitrogen and oxygen atoms in total. The molecule has 2 fully saturated rings. The van der Waals surface area contributed by atoms with Gasteiger partial charge in [-0.3, -0.25) is 9.89 Å². The molecule has 0 spiro atoms. The Hall–Kier alpha value is -2.15. The first kappa shape index (κ1) is 17.9. The van der Waals surface area contributed by atoms with E-state index in [1.807, 2.05) is 0 Å². The van der Waals surface area contributed by atoms with Crippen LogP contribution in [0.1, 0.15) is 28.8 Å². The van der Waals surface area contributed by atoms with Crippen molar-refractivity contribution in [1.29, 1.82) is 0 Å². The van der Waals surface area contributed by atoms with E-state index in [2.05, 4.69) is 15.5 Å². The van der Waals surface area contributed by atoms with Gasteiger partial charge in [-0.1, -0.05) is 23.2 Å². The van der Waals surface area contributed by atoms with Crippen LogP contribution in [0.25, 0.3) is 10.9 Å². The standard InChI is InChI=1S/C20H16Cl2FN3O2/c21-10-4-14(13-8-24-26-17(13)5-10)20(28)6-11-12(7-20)18(11)25-19(27)9-1-2-16(23)15(22)3-9/h1-5,8,11-12,18,28H,6-7H2,(H,24,26)(H,25,27)/t11-,12+,18?,20?. The maximum absolute atomic E-state index is 13.3. The third-order valence-electron chi connectivity index (χ3n) is 5.98. The second-order valence-electron chi connectivity index (χ2n) is 7.68. The van der Waals surface area contributed by atoms with Gasteiger partial charge in [-0.15, -0.1) is 0 Å². The third kappa shape index (κ3) is 2.79. The molecule has 5 rings (SSSR count). The van der Waals surface area contributed by atoms with E-state index >= 15 is 0 Å². The highest BCUT2D eigenvalue weighted by Crippen LogP contribution is 2.60. The summed E-state index contributed by atoms with van der Waals surface area (Å²) in [5.74, 6) is -0.472. The van der Waals surface area contributed by atoms with Crippen molar-refractivity contribution in [2.24, 2.45) is 11.8 Å². The third-order valence-corrected chi connectivity index (χ3v) is 6.49. The minimum atomic E-state index is -0.997. The number of H-pyrrole nitrogens is 1. The van der Waals surface area contributed by atoms with E-state index in [1.165, 1.54) is 18.2 Å². The summed E-state index contributed by atoms with van der Waals surface area (Å²) in [4.78, 5) is 12.4. The zero-order chi connectivity index (χ0) is 19.6. The Morgan fingerprint density at radius 3 is 2.71 bits per heavy atom. The van der Waals surface area contributed by atoms with Crippen molar-refractivity contribution in [2.75, 3.05) is 0 Å². The Morgan fingerprint density at radius 1 is 1.25 bits per heavy atom. The van der Waals surface area contributed by atoms with Crippen LogP contribution in [0.15, 0.2) is 36.5 Å². The number of benzene rings is 2. The van der Waals surface area contributed by atoms with Crippen molar-refractivity contribution in [2.45, 2.75) is 24.5 Å². The molecule has 2 aliphatic carbocycles. The van der Waals surface area contributed by atoms with Gasteiger partial charge >= 0.3 is 0 Å². The first-order chi connectivity index (χ1) is 13.4. The van der Waals surface area contributed by atoms with Crippen LogP contribution in [0.5, 0.6) is 0 Å². The van der Waals surface area contributed by atoms with Crippen molar-refractivity contribution in [3.05, 3.63) is 63.5 Å². The van der Waals surface area contributed by atoms with Crippen LogP contribution in [-0.2, 0) is 5.60 Å². The number of rotatable bonds is 3. The van der Waals surface area contributed by atoms with Crippen LogP contribution in [0, 0.1) is 17.7 Å². The Labute approximate surface area is 169 Å². The van der Waals surface area contributed by atoms with Crippen molar-refractivity contribution in [1.82, 2.24) is 15.5 Å². The van der Waals surface area contributed by atoms with Crippen LogP contribution in [0.2, 0.25) is 10.0 Å². The lowest BCUT2D eigenvalue weighted by atomic mass is 9.86. The normalized spacial score (nSPS) is 28.4. The lowest BCUT2D eigenvalue weighted by Crippen LogP contribution is -2.33. The predicted molar refractivity (Wildman–Crippen MR) is 104 cm³/mol. The van der Waals surface area contributed by atoms with Gasteiger partial charge in [0.05, 0.1) is 22.3 Å². The van der Waals surface area contributed by atoms with Gasteiger partial charge < -0.3 is 10.4 Å².